The van der Waals surface area contributed by atoms with E-state index in [-0.39, 0.29) is 22.9 Å². The van der Waals surface area contributed by atoms with Gasteiger partial charge in [-0.1, -0.05) is 12.1 Å². The largest absolute Gasteiger partial charge is 0.465 e. The highest BCUT2D eigenvalue weighted by Crippen LogP contribution is 2.31. The summed E-state index contributed by atoms with van der Waals surface area (Å²) >= 11 is 0. The first kappa shape index (κ1) is 12.9. The van der Waals surface area contributed by atoms with E-state index in [1.807, 2.05) is 0 Å². The first-order valence-corrected chi connectivity index (χ1v) is 7.35. The highest BCUT2D eigenvalue weighted by atomic mass is 32.2. The molecule has 0 bridgehead atoms. The van der Waals surface area contributed by atoms with Gasteiger partial charge in [0.15, 0.2) is 0 Å². The van der Waals surface area contributed by atoms with E-state index in [0.29, 0.717) is 0 Å². The molecule has 1 aliphatic carbocycles. The van der Waals surface area contributed by atoms with Crippen LogP contribution in [0, 0.1) is 5.92 Å². The van der Waals surface area contributed by atoms with E-state index in [0.717, 1.165) is 12.8 Å². The Hall–Kier alpha value is -1.56. The van der Waals surface area contributed by atoms with Gasteiger partial charge in [0.2, 0.25) is 10.0 Å². The van der Waals surface area contributed by atoms with E-state index in [9.17, 15) is 13.2 Å². The van der Waals surface area contributed by atoms with E-state index in [2.05, 4.69) is 9.46 Å². The maximum atomic E-state index is 11.9. The highest BCUT2D eigenvalue weighted by molar-refractivity contribution is 7.92. The van der Waals surface area contributed by atoms with Gasteiger partial charge in [0.25, 0.3) is 0 Å². The maximum absolute atomic E-state index is 11.9. The molecule has 1 aromatic carbocycles. The molecule has 0 radical (unpaired) electrons. The van der Waals surface area contributed by atoms with Crippen LogP contribution in [0.1, 0.15) is 23.2 Å². The van der Waals surface area contributed by atoms with Gasteiger partial charge in [-0.25, -0.2) is 13.2 Å². The van der Waals surface area contributed by atoms with Crippen molar-refractivity contribution in [2.75, 3.05) is 17.6 Å². The summed E-state index contributed by atoms with van der Waals surface area (Å²) in [6.07, 6.45) is 1.92. The second kappa shape index (κ2) is 4.97. The maximum Gasteiger partial charge on any atom is 0.339 e. The number of carbonyl (C=O) groups is 1. The Balaban J connectivity index is 2.20. The van der Waals surface area contributed by atoms with Gasteiger partial charge >= 0.3 is 5.97 Å². The van der Waals surface area contributed by atoms with Crippen molar-refractivity contribution in [3.63, 3.8) is 0 Å². The topological polar surface area (TPSA) is 72.5 Å². The van der Waals surface area contributed by atoms with Gasteiger partial charge in [0, 0.05) is 0 Å². The first-order chi connectivity index (χ1) is 8.52. The predicted molar refractivity (Wildman–Crippen MR) is 67.9 cm³/mol. The van der Waals surface area contributed by atoms with Crippen molar-refractivity contribution in [1.82, 2.24) is 0 Å². The normalized spacial score (nSPS) is 15.2. The number of sulfonamides is 1. The Kier molecular flexibility index (Phi) is 3.56. The van der Waals surface area contributed by atoms with E-state index in [1.165, 1.54) is 13.2 Å². The van der Waals surface area contributed by atoms with E-state index in [1.54, 1.807) is 18.2 Å². The zero-order chi connectivity index (χ0) is 13.2. The summed E-state index contributed by atoms with van der Waals surface area (Å²) in [7, 11) is -2.13. The number of benzene rings is 1. The number of para-hydroxylation sites is 1. The number of hydrogen-bond acceptors (Lipinski definition) is 4. The molecule has 1 fully saturated rings. The third kappa shape index (κ3) is 3.22. The second-order valence-corrected chi connectivity index (χ2v) is 6.13. The molecule has 1 N–H and O–H groups in total. The van der Waals surface area contributed by atoms with Crippen LogP contribution in [-0.4, -0.2) is 27.2 Å². The zero-order valence-electron chi connectivity index (χ0n) is 10.0. The summed E-state index contributed by atoms with van der Waals surface area (Å²) in [5.74, 6) is -0.185. The van der Waals surface area contributed by atoms with E-state index >= 15 is 0 Å². The van der Waals surface area contributed by atoms with E-state index < -0.39 is 16.0 Å². The fraction of sp³-hybridized carbons (Fsp3) is 0.417. The Morgan fingerprint density at radius 3 is 2.67 bits per heavy atom. The van der Waals surface area contributed by atoms with Gasteiger partial charge in [-0.2, -0.15) is 0 Å². The molecular weight excluding hydrogens is 254 g/mol. The summed E-state index contributed by atoms with van der Waals surface area (Å²) in [6.45, 7) is 0. The number of nitrogens with one attached hydrogen (secondary N) is 1. The summed E-state index contributed by atoms with van der Waals surface area (Å²) < 4.78 is 30.8. The SMILES string of the molecule is COC(=O)c1ccccc1NS(=O)(=O)CC1CC1. The van der Waals surface area contributed by atoms with Crippen LogP contribution in [0.25, 0.3) is 0 Å². The van der Waals surface area contributed by atoms with Gasteiger partial charge in [0.05, 0.1) is 24.1 Å². The molecular formula is C12H15NO4S. The molecule has 6 heteroatoms. The second-order valence-electron chi connectivity index (χ2n) is 4.36. The lowest BCUT2D eigenvalue weighted by Crippen LogP contribution is -2.19. The predicted octanol–water partition coefficient (Wildman–Crippen LogP) is 1.62. The molecule has 1 saturated carbocycles. The fourth-order valence-corrected chi connectivity index (χ4v) is 3.21. The number of rotatable bonds is 5. The molecule has 1 aromatic rings. The number of hydrogen-bond donors (Lipinski definition) is 1. The summed E-state index contributed by atoms with van der Waals surface area (Å²) in [4.78, 5) is 11.5. The average molecular weight is 269 g/mol. The number of esters is 1. The minimum absolute atomic E-state index is 0.114. The molecule has 5 nitrogen and oxygen atoms in total. The Morgan fingerprint density at radius 1 is 1.39 bits per heavy atom. The fourth-order valence-electron chi connectivity index (χ4n) is 1.66. The first-order valence-electron chi connectivity index (χ1n) is 5.69. The van der Waals surface area contributed by atoms with Crippen molar-refractivity contribution in [1.29, 1.82) is 0 Å². The van der Waals surface area contributed by atoms with Crippen LogP contribution < -0.4 is 4.72 Å². The van der Waals surface area contributed by atoms with Crippen molar-refractivity contribution in [3.8, 4) is 0 Å². The Morgan fingerprint density at radius 2 is 2.06 bits per heavy atom. The van der Waals surface area contributed by atoms with Crippen molar-refractivity contribution in [2.24, 2.45) is 5.92 Å². The zero-order valence-corrected chi connectivity index (χ0v) is 10.9. The van der Waals surface area contributed by atoms with E-state index in [4.69, 9.17) is 0 Å². The van der Waals surface area contributed by atoms with Crippen LogP contribution in [0.15, 0.2) is 24.3 Å². The molecule has 1 aliphatic rings. The Labute approximate surface area is 106 Å². The van der Waals surface area contributed by atoms with Crippen LogP contribution in [0.4, 0.5) is 5.69 Å². The van der Waals surface area contributed by atoms with Gasteiger partial charge < -0.3 is 4.74 Å². The highest BCUT2D eigenvalue weighted by Gasteiger charge is 2.28. The monoisotopic (exact) mass is 269 g/mol. The van der Waals surface area contributed by atoms with Crippen molar-refractivity contribution in [3.05, 3.63) is 29.8 Å². The van der Waals surface area contributed by atoms with Crippen molar-refractivity contribution < 1.29 is 17.9 Å². The molecule has 18 heavy (non-hydrogen) atoms. The van der Waals surface area contributed by atoms with Crippen LogP contribution >= 0.6 is 0 Å². The summed E-state index contributed by atoms with van der Waals surface area (Å²) in [5.41, 5.74) is 0.490. The molecule has 0 heterocycles. The molecule has 0 atom stereocenters. The molecule has 0 aromatic heterocycles. The third-order valence-electron chi connectivity index (χ3n) is 2.75. The van der Waals surface area contributed by atoms with Crippen LogP contribution in [-0.2, 0) is 14.8 Å². The minimum atomic E-state index is -3.39. The molecule has 2 rings (SSSR count). The molecule has 98 valence electrons. The van der Waals surface area contributed by atoms with Crippen LogP contribution in [0.2, 0.25) is 0 Å². The van der Waals surface area contributed by atoms with Crippen molar-refractivity contribution >= 4 is 21.7 Å². The lowest BCUT2D eigenvalue weighted by atomic mass is 10.2. The third-order valence-corrected chi connectivity index (χ3v) is 4.19. The smallest absolute Gasteiger partial charge is 0.339 e. The number of ether oxygens (including phenoxy) is 1. The summed E-state index contributed by atoms with van der Waals surface area (Å²) in [5, 5.41) is 0. The van der Waals surface area contributed by atoms with Crippen molar-refractivity contribution in [2.45, 2.75) is 12.8 Å². The summed E-state index contributed by atoms with van der Waals surface area (Å²) in [6, 6.07) is 6.41. The number of anilines is 1. The lowest BCUT2D eigenvalue weighted by molar-refractivity contribution is 0.0602. The molecule has 0 amide bonds. The average Bonchev–Trinajstić information content (AvgIpc) is 3.11. The number of methoxy groups -OCH3 is 1. The molecule has 0 spiro atoms. The standard InChI is InChI=1S/C12H15NO4S/c1-17-12(14)10-4-2-3-5-11(10)13-18(15,16)8-9-6-7-9/h2-5,9,13H,6-8H2,1H3. The van der Waals surface area contributed by atoms with Gasteiger partial charge in [-0.3, -0.25) is 4.72 Å². The molecule has 0 aliphatic heterocycles. The minimum Gasteiger partial charge on any atom is -0.465 e. The van der Waals surface area contributed by atoms with Gasteiger partial charge in [-0.05, 0) is 30.9 Å². The van der Waals surface area contributed by atoms with Crippen LogP contribution in [0.3, 0.4) is 0 Å². The van der Waals surface area contributed by atoms with Gasteiger partial charge in [0.1, 0.15) is 0 Å². The number of carbonyl (C=O) groups excluding carboxylic acids is 1. The van der Waals surface area contributed by atoms with Crippen LogP contribution in [0.5, 0.6) is 0 Å². The molecule has 0 saturated heterocycles. The van der Waals surface area contributed by atoms with Gasteiger partial charge in [-0.15, -0.1) is 0 Å². The Bertz CT molecular complexity index is 549. The lowest BCUT2D eigenvalue weighted by Gasteiger charge is -2.10. The quantitative estimate of drug-likeness (QED) is 0.824. The molecule has 0 unspecified atom stereocenters.